The molecule has 0 aromatic heterocycles. The Labute approximate surface area is 142 Å². The zero-order chi connectivity index (χ0) is 17.4. The molecule has 0 radical (unpaired) electrons. The molecule has 24 heavy (non-hydrogen) atoms. The highest BCUT2D eigenvalue weighted by Gasteiger charge is 2.14. The van der Waals surface area contributed by atoms with Crippen molar-refractivity contribution >= 4 is 11.9 Å². The Hall–Kier alpha value is -2.50. The average molecular weight is 331 g/mol. The molecule has 2 rings (SSSR count). The van der Waals surface area contributed by atoms with Gasteiger partial charge in [0.2, 0.25) is 0 Å². The molecule has 0 aliphatic heterocycles. The van der Waals surface area contributed by atoms with Crippen molar-refractivity contribution in [2.75, 3.05) is 20.8 Å². The van der Waals surface area contributed by atoms with Crippen molar-refractivity contribution in [1.29, 1.82) is 0 Å². The maximum atomic E-state index is 11.7. The minimum Gasteiger partial charge on any atom is -0.496 e. The van der Waals surface area contributed by atoms with Crippen LogP contribution in [0.15, 0.2) is 35.3 Å². The van der Waals surface area contributed by atoms with E-state index in [-0.39, 0.29) is 0 Å². The van der Waals surface area contributed by atoms with Gasteiger partial charge < -0.3 is 20.1 Å². The smallest absolute Gasteiger partial charge is 0.341 e. The van der Waals surface area contributed by atoms with Gasteiger partial charge in [0.05, 0.1) is 20.8 Å². The molecule has 0 bridgehead atoms. The summed E-state index contributed by atoms with van der Waals surface area (Å²) < 4.78 is 10.0. The number of methoxy groups -OCH3 is 2. The summed E-state index contributed by atoms with van der Waals surface area (Å²) in [6.07, 6.45) is 6.40. The number of hydrogen-bond acceptors (Lipinski definition) is 4. The Morgan fingerprint density at radius 3 is 2.67 bits per heavy atom. The first-order valence-corrected chi connectivity index (χ1v) is 8.13. The van der Waals surface area contributed by atoms with Crippen molar-refractivity contribution in [3.05, 3.63) is 41.5 Å². The lowest BCUT2D eigenvalue weighted by Crippen LogP contribution is -2.42. The number of esters is 1. The van der Waals surface area contributed by atoms with Gasteiger partial charge in [0.25, 0.3) is 0 Å². The highest BCUT2D eigenvalue weighted by atomic mass is 16.5. The molecule has 0 saturated carbocycles. The van der Waals surface area contributed by atoms with Crippen LogP contribution in [0, 0.1) is 0 Å². The Balaban J connectivity index is 2.08. The zero-order valence-electron chi connectivity index (χ0n) is 14.5. The second kappa shape index (κ2) is 8.96. The van der Waals surface area contributed by atoms with Crippen molar-refractivity contribution < 1.29 is 14.3 Å². The topological polar surface area (TPSA) is 72.0 Å². The van der Waals surface area contributed by atoms with E-state index in [9.17, 15) is 4.79 Å². The molecular weight excluding hydrogens is 306 g/mol. The van der Waals surface area contributed by atoms with E-state index in [0.29, 0.717) is 23.9 Å². The number of nitrogens with one attached hydrogen (secondary N) is 2. The van der Waals surface area contributed by atoms with Crippen LogP contribution >= 0.6 is 0 Å². The van der Waals surface area contributed by atoms with Crippen molar-refractivity contribution in [3.63, 3.8) is 0 Å². The molecule has 6 heteroatoms. The van der Waals surface area contributed by atoms with Gasteiger partial charge in [0, 0.05) is 12.6 Å². The first kappa shape index (κ1) is 17.8. The van der Waals surface area contributed by atoms with Gasteiger partial charge in [-0.25, -0.2) is 9.79 Å². The third-order valence-corrected chi connectivity index (χ3v) is 3.78. The number of aliphatic imine (C=N–C) groups is 1. The van der Waals surface area contributed by atoms with Gasteiger partial charge in [-0.05, 0) is 37.5 Å². The predicted molar refractivity (Wildman–Crippen MR) is 94.4 cm³/mol. The zero-order valence-corrected chi connectivity index (χ0v) is 14.5. The number of hydrogen-bond donors (Lipinski definition) is 2. The number of ether oxygens (including phenoxy) is 2. The number of rotatable bonds is 6. The van der Waals surface area contributed by atoms with E-state index >= 15 is 0 Å². The van der Waals surface area contributed by atoms with Gasteiger partial charge in [0.15, 0.2) is 5.96 Å². The van der Waals surface area contributed by atoms with Gasteiger partial charge in [-0.3, -0.25) is 0 Å². The summed E-state index contributed by atoms with van der Waals surface area (Å²) in [5.74, 6) is 0.875. The Bertz CT molecular complexity index is 618. The molecule has 1 aliphatic carbocycles. The highest BCUT2D eigenvalue weighted by molar-refractivity contribution is 5.92. The van der Waals surface area contributed by atoms with Crippen LogP contribution in [0.5, 0.6) is 5.75 Å². The normalized spacial score (nSPS) is 14.5. The molecule has 0 saturated heterocycles. The number of carbonyl (C=O) groups is 1. The number of nitrogens with zero attached hydrogens (tertiary/aromatic N) is 1. The quantitative estimate of drug-likeness (QED) is 0.362. The van der Waals surface area contributed by atoms with E-state index in [1.54, 1.807) is 6.07 Å². The highest BCUT2D eigenvalue weighted by Crippen LogP contribution is 2.21. The van der Waals surface area contributed by atoms with Crippen LogP contribution in [0.1, 0.15) is 35.7 Å². The first-order valence-electron chi connectivity index (χ1n) is 8.13. The van der Waals surface area contributed by atoms with Gasteiger partial charge >= 0.3 is 5.97 Å². The first-order chi connectivity index (χ1) is 11.7. The molecule has 0 unspecified atom stereocenters. The fourth-order valence-corrected chi connectivity index (χ4v) is 2.53. The van der Waals surface area contributed by atoms with Crippen molar-refractivity contribution in [3.8, 4) is 5.75 Å². The molecule has 1 aliphatic rings. The second-order valence-corrected chi connectivity index (χ2v) is 5.51. The Morgan fingerprint density at radius 2 is 2.04 bits per heavy atom. The van der Waals surface area contributed by atoms with Gasteiger partial charge in [-0.2, -0.15) is 0 Å². The summed E-state index contributed by atoms with van der Waals surface area (Å²) in [5, 5.41) is 6.68. The summed E-state index contributed by atoms with van der Waals surface area (Å²) in [5.41, 5.74) is 1.37. The molecule has 6 nitrogen and oxygen atoms in total. The fourth-order valence-electron chi connectivity index (χ4n) is 2.53. The average Bonchev–Trinajstić information content (AvgIpc) is 3.12. The maximum Gasteiger partial charge on any atom is 0.341 e. The standard InChI is InChI=1S/C18H25N3O3/c1-4-19-18(21-14-7-5-6-8-14)20-12-13-9-10-15(17(22)24-3)16(11-13)23-2/h5-6,9-11,14H,4,7-8,12H2,1-3H3,(H2,19,20,21). The van der Waals surface area contributed by atoms with Crippen LogP contribution in [0.3, 0.4) is 0 Å². The second-order valence-electron chi connectivity index (χ2n) is 5.51. The molecule has 0 fully saturated rings. The third-order valence-electron chi connectivity index (χ3n) is 3.78. The van der Waals surface area contributed by atoms with Crippen LogP contribution in [0.2, 0.25) is 0 Å². The monoisotopic (exact) mass is 331 g/mol. The van der Waals surface area contributed by atoms with E-state index in [1.165, 1.54) is 14.2 Å². The molecule has 0 heterocycles. The molecule has 0 amide bonds. The molecule has 1 aromatic carbocycles. The lowest BCUT2D eigenvalue weighted by Gasteiger charge is -2.16. The van der Waals surface area contributed by atoms with E-state index in [0.717, 1.165) is 30.9 Å². The number of benzene rings is 1. The molecule has 1 aromatic rings. The van der Waals surface area contributed by atoms with E-state index in [2.05, 4.69) is 27.8 Å². The lowest BCUT2D eigenvalue weighted by atomic mass is 10.1. The SMILES string of the molecule is CCNC(=NCc1ccc(C(=O)OC)c(OC)c1)NC1CC=CC1. The van der Waals surface area contributed by atoms with Crippen LogP contribution in [0.25, 0.3) is 0 Å². The van der Waals surface area contributed by atoms with E-state index < -0.39 is 5.97 Å². The van der Waals surface area contributed by atoms with Crippen LogP contribution in [-0.2, 0) is 11.3 Å². The predicted octanol–water partition coefficient (Wildman–Crippen LogP) is 2.26. The van der Waals surface area contributed by atoms with Crippen LogP contribution < -0.4 is 15.4 Å². The summed E-state index contributed by atoms with van der Waals surface area (Å²) in [4.78, 5) is 16.3. The lowest BCUT2D eigenvalue weighted by molar-refractivity contribution is 0.0597. The van der Waals surface area contributed by atoms with Gasteiger partial charge in [0.1, 0.15) is 11.3 Å². The van der Waals surface area contributed by atoms with Crippen molar-refractivity contribution in [2.45, 2.75) is 32.4 Å². The largest absolute Gasteiger partial charge is 0.496 e. The summed E-state index contributed by atoms with van der Waals surface area (Å²) in [6.45, 7) is 3.34. The number of guanidine groups is 1. The molecule has 0 spiro atoms. The van der Waals surface area contributed by atoms with E-state index in [1.807, 2.05) is 19.1 Å². The van der Waals surface area contributed by atoms with E-state index in [4.69, 9.17) is 9.47 Å². The van der Waals surface area contributed by atoms with Crippen LogP contribution in [0.4, 0.5) is 0 Å². The fraction of sp³-hybridized carbons (Fsp3) is 0.444. The Kier molecular flexibility index (Phi) is 6.66. The molecular formula is C18H25N3O3. The maximum absolute atomic E-state index is 11.7. The summed E-state index contributed by atoms with van der Waals surface area (Å²) >= 11 is 0. The minimum absolute atomic E-state index is 0.402. The van der Waals surface area contributed by atoms with Gasteiger partial charge in [-0.15, -0.1) is 0 Å². The van der Waals surface area contributed by atoms with Crippen molar-refractivity contribution in [1.82, 2.24) is 10.6 Å². The third kappa shape index (κ3) is 4.75. The number of carbonyl (C=O) groups excluding carboxylic acids is 1. The molecule has 2 N–H and O–H groups in total. The summed E-state index contributed by atoms with van der Waals surface area (Å²) in [6, 6.07) is 5.78. The molecule has 0 atom stereocenters. The van der Waals surface area contributed by atoms with Crippen LogP contribution in [-0.4, -0.2) is 38.7 Å². The van der Waals surface area contributed by atoms with Gasteiger partial charge in [-0.1, -0.05) is 18.2 Å². The Morgan fingerprint density at radius 1 is 1.29 bits per heavy atom. The minimum atomic E-state index is -0.411. The van der Waals surface area contributed by atoms with Crippen molar-refractivity contribution in [2.24, 2.45) is 4.99 Å². The summed E-state index contributed by atoms with van der Waals surface area (Å²) in [7, 11) is 2.89. The molecule has 130 valence electrons.